The van der Waals surface area contributed by atoms with Crippen molar-refractivity contribution in [2.45, 2.75) is 39.2 Å². The largest absolute Gasteiger partial charge is 0.389 e. The first-order valence-electron chi connectivity index (χ1n) is 5.76. The van der Waals surface area contributed by atoms with Gasteiger partial charge in [-0.05, 0) is 19.4 Å². The third-order valence-electron chi connectivity index (χ3n) is 2.51. The van der Waals surface area contributed by atoms with Crippen molar-refractivity contribution in [1.82, 2.24) is 0 Å². The Labute approximate surface area is 92.3 Å². The molecule has 0 fully saturated rings. The van der Waals surface area contributed by atoms with Crippen molar-refractivity contribution in [3.05, 3.63) is 29.8 Å². The predicted molar refractivity (Wildman–Crippen MR) is 65.1 cm³/mol. The summed E-state index contributed by atoms with van der Waals surface area (Å²) < 4.78 is 0. The normalized spacial score (nSPS) is 12.5. The number of aliphatic hydroxyl groups is 1. The Morgan fingerprint density at radius 1 is 1.27 bits per heavy atom. The first kappa shape index (κ1) is 12.1. The summed E-state index contributed by atoms with van der Waals surface area (Å²) in [5.41, 5.74) is 2.04. The number of rotatable bonds is 6. The van der Waals surface area contributed by atoms with Gasteiger partial charge in [-0.1, -0.05) is 38.0 Å². The van der Waals surface area contributed by atoms with Gasteiger partial charge in [-0.2, -0.15) is 0 Å². The van der Waals surface area contributed by atoms with Crippen LogP contribution in [0.25, 0.3) is 0 Å². The quantitative estimate of drug-likeness (QED) is 0.701. The Hall–Kier alpha value is -1.02. The van der Waals surface area contributed by atoms with Crippen molar-refractivity contribution in [3.8, 4) is 0 Å². The lowest BCUT2D eigenvalue weighted by Gasteiger charge is -2.13. The van der Waals surface area contributed by atoms with Crippen LogP contribution in [0.2, 0.25) is 0 Å². The van der Waals surface area contributed by atoms with E-state index in [2.05, 4.69) is 12.2 Å². The number of para-hydroxylation sites is 1. The minimum Gasteiger partial charge on any atom is -0.389 e. The van der Waals surface area contributed by atoms with E-state index in [-0.39, 0.29) is 0 Å². The molecule has 1 unspecified atom stereocenters. The van der Waals surface area contributed by atoms with Gasteiger partial charge >= 0.3 is 0 Å². The second kappa shape index (κ2) is 6.46. The Bertz CT molecular complexity index is 284. The highest BCUT2D eigenvalue weighted by atomic mass is 16.3. The molecule has 1 aromatic carbocycles. The Balaban J connectivity index is 2.52. The van der Waals surface area contributed by atoms with E-state index < -0.39 is 6.10 Å². The molecule has 2 N–H and O–H groups in total. The lowest BCUT2D eigenvalue weighted by molar-refractivity contribution is 0.200. The van der Waals surface area contributed by atoms with Crippen molar-refractivity contribution >= 4 is 5.69 Å². The summed E-state index contributed by atoms with van der Waals surface area (Å²) in [7, 11) is 0. The van der Waals surface area contributed by atoms with Crippen molar-refractivity contribution in [2.75, 3.05) is 11.9 Å². The average Bonchev–Trinajstić information content (AvgIpc) is 2.25. The van der Waals surface area contributed by atoms with Gasteiger partial charge in [-0.3, -0.25) is 0 Å². The van der Waals surface area contributed by atoms with E-state index in [1.807, 2.05) is 24.3 Å². The number of aliphatic hydroxyl groups excluding tert-OH is 1. The van der Waals surface area contributed by atoms with E-state index in [9.17, 15) is 5.11 Å². The minimum atomic E-state index is -0.403. The zero-order valence-corrected chi connectivity index (χ0v) is 9.66. The predicted octanol–water partition coefficient (Wildman–Crippen LogP) is 3.34. The second-order valence-corrected chi connectivity index (χ2v) is 3.90. The second-order valence-electron chi connectivity index (χ2n) is 3.90. The van der Waals surface area contributed by atoms with E-state index in [1.54, 1.807) is 6.92 Å². The highest BCUT2D eigenvalue weighted by molar-refractivity contribution is 5.51. The van der Waals surface area contributed by atoms with Crippen LogP contribution < -0.4 is 5.32 Å². The summed E-state index contributed by atoms with van der Waals surface area (Å²) in [6.45, 7) is 4.98. The van der Waals surface area contributed by atoms with Gasteiger partial charge in [-0.25, -0.2) is 0 Å². The molecule has 0 saturated heterocycles. The molecule has 2 nitrogen and oxygen atoms in total. The molecule has 0 amide bonds. The Morgan fingerprint density at radius 3 is 2.67 bits per heavy atom. The average molecular weight is 207 g/mol. The maximum absolute atomic E-state index is 9.57. The van der Waals surface area contributed by atoms with Crippen LogP contribution in [0.3, 0.4) is 0 Å². The van der Waals surface area contributed by atoms with Gasteiger partial charge in [0.15, 0.2) is 0 Å². The van der Waals surface area contributed by atoms with Gasteiger partial charge in [0.2, 0.25) is 0 Å². The molecule has 1 atom stereocenters. The lowest BCUT2D eigenvalue weighted by Crippen LogP contribution is -2.05. The zero-order chi connectivity index (χ0) is 11.1. The highest BCUT2D eigenvalue weighted by Gasteiger charge is 2.05. The van der Waals surface area contributed by atoms with Crippen LogP contribution in [-0.2, 0) is 0 Å². The van der Waals surface area contributed by atoms with Gasteiger partial charge in [0.05, 0.1) is 6.10 Å². The summed E-state index contributed by atoms with van der Waals surface area (Å²) in [6, 6.07) is 7.94. The molecule has 15 heavy (non-hydrogen) atoms. The Kier molecular flexibility index (Phi) is 5.19. The highest BCUT2D eigenvalue weighted by Crippen LogP contribution is 2.21. The smallest absolute Gasteiger partial charge is 0.0781 e. The number of unbranched alkanes of at least 4 members (excludes halogenated alkanes) is 2. The molecule has 1 aromatic rings. The van der Waals surface area contributed by atoms with Crippen LogP contribution in [0.5, 0.6) is 0 Å². The third-order valence-corrected chi connectivity index (χ3v) is 2.51. The molecule has 0 aliphatic rings. The summed E-state index contributed by atoms with van der Waals surface area (Å²) in [5, 5.41) is 12.9. The fraction of sp³-hybridized carbons (Fsp3) is 0.538. The maximum atomic E-state index is 9.57. The van der Waals surface area contributed by atoms with Gasteiger partial charge < -0.3 is 10.4 Å². The SMILES string of the molecule is CCCCCNc1ccccc1C(C)O. The van der Waals surface area contributed by atoms with Crippen LogP contribution in [0, 0.1) is 0 Å². The molecular formula is C13H21NO. The van der Waals surface area contributed by atoms with Crippen LogP contribution in [0.4, 0.5) is 5.69 Å². The molecule has 0 aliphatic heterocycles. The summed E-state index contributed by atoms with van der Waals surface area (Å²) in [5.74, 6) is 0. The number of nitrogens with one attached hydrogen (secondary N) is 1. The Morgan fingerprint density at radius 2 is 2.00 bits per heavy atom. The standard InChI is InChI=1S/C13H21NO/c1-3-4-7-10-14-13-9-6-5-8-12(13)11(2)15/h5-6,8-9,11,14-15H,3-4,7,10H2,1-2H3. The monoisotopic (exact) mass is 207 g/mol. The number of benzene rings is 1. The first-order chi connectivity index (χ1) is 7.25. The van der Waals surface area contributed by atoms with Gasteiger partial charge in [0.25, 0.3) is 0 Å². The molecule has 0 heterocycles. The molecule has 0 spiro atoms. The summed E-state index contributed by atoms with van der Waals surface area (Å²) >= 11 is 0. The van der Waals surface area contributed by atoms with E-state index in [1.165, 1.54) is 19.3 Å². The molecule has 0 saturated carbocycles. The summed E-state index contributed by atoms with van der Waals surface area (Å²) in [6.07, 6.45) is 3.27. The summed E-state index contributed by atoms with van der Waals surface area (Å²) in [4.78, 5) is 0. The number of hydrogen-bond acceptors (Lipinski definition) is 2. The van der Waals surface area contributed by atoms with Crippen LogP contribution in [0.1, 0.15) is 44.8 Å². The van der Waals surface area contributed by atoms with Gasteiger partial charge in [0, 0.05) is 17.8 Å². The van der Waals surface area contributed by atoms with Crippen molar-refractivity contribution < 1.29 is 5.11 Å². The molecule has 2 heteroatoms. The molecule has 0 aliphatic carbocycles. The van der Waals surface area contributed by atoms with Crippen molar-refractivity contribution in [1.29, 1.82) is 0 Å². The van der Waals surface area contributed by atoms with Gasteiger partial charge in [-0.15, -0.1) is 0 Å². The molecule has 0 aromatic heterocycles. The number of anilines is 1. The lowest BCUT2D eigenvalue weighted by atomic mass is 10.1. The van der Waals surface area contributed by atoms with E-state index in [4.69, 9.17) is 0 Å². The van der Waals surface area contributed by atoms with Crippen molar-refractivity contribution in [2.24, 2.45) is 0 Å². The topological polar surface area (TPSA) is 32.3 Å². The van der Waals surface area contributed by atoms with Gasteiger partial charge in [0.1, 0.15) is 0 Å². The van der Waals surface area contributed by atoms with Crippen LogP contribution in [0.15, 0.2) is 24.3 Å². The molecule has 1 rings (SSSR count). The first-order valence-corrected chi connectivity index (χ1v) is 5.76. The fourth-order valence-corrected chi connectivity index (χ4v) is 1.62. The van der Waals surface area contributed by atoms with E-state index >= 15 is 0 Å². The zero-order valence-electron chi connectivity index (χ0n) is 9.66. The van der Waals surface area contributed by atoms with Crippen LogP contribution in [-0.4, -0.2) is 11.7 Å². The van der Waals surface area contributed by atoms with E-state index in [0.29, 0.717) is 0 Å². The van der Waals surface area contributed by atoms with E-state index in [0.717, 1.165) is 17.8 Å². The molecule has 0 bridgehead atoms. The van der Waals surface area contributed by atoms with Crippen LogP contribution >= 0.6 is 0 Å². The van der Waals surface area contributed by atoms with Crippen molar-refractivity contribution in [3.63, 3.8) is 0 Å². The number of hydrogen-bond donors (Lipinski definition) is 2. The molecule has 0 radical (unpaired) electrons. The molecule has 84 valence electrons. The minimum absolute atomic E-state index is 0.403. The maximum Gasteiger partial charge on any atom is 0.0781 e. The third kappa shape index (κ3) is 3.92. The fourth-order valence-electron chi connectivity index (χ4n) is 1.62. The molecular weight excluding hydrogens is 186 g/mol.